The first-order valence-electron chi connectivity index (χ1n) is 8.67. The molecule has 140 valence electrons. The molecule has 0 saturated heterocycles. The highest BCUT2D eigenvalue weighted by molar-refractivity contribution is 7.08. The highest BCUT2D eigenvalue weighted by atomic mass is 32.1. The van der Waals surface area contributed by atoms with Crippen LogP contribution in [-0.4, -0.2) is 23.3 Å². The van der Waals surface area contributed by atoms with Crippen molar-refractivity contribution >= 4 is 28.8 Å². The van der Waals surface area contributed by atoms with Crippen LogP contribution in [0, 0.1) is 13.8 Å². The average Bonchev–Trinajstić information content (AvgIpc) is 3.29. The zero-order chi connectivity index (χ0) is 19.2. The topological polar surface area (TPSA) is 84.2 Å². The van der Waals surface area contributed by atoms with Crippen LogP contribution in [-0.2, 0) is 4.79 Å². The summed E-state index contributed by atoms with van der Waals surface area (Å²) in [6, 6.07) is 9.17. The van der Waals surface area contributed by atoms with Crippen LogP contribution in [0.2, 0.25) is 0 Å². The fourth-order valence-electron chi connectivity index (χ4n) is 2.50. The molecule has 0 atom stereocenters. The lowest BCUT2D eigenvalue weighted by atomic mass is 10.2. The Morgan fingerprint density at radius 3 is 2.78 bits per heavy atom. The van der Waals surface area contributed by atoms with Crippen LogP contribution in [0.3, 0.4) is 0 Å². The molecule has 0 aliphatic heterocycles. The molecule has 2 aromatic heterocycles. The van der Waals surface area contributed by atoms with Crippen molar-refractivity contribution in [2.45, 2.75) is 26.7 Å². The summed E-state index contributed by atoms with van der Waals surface area (Å²) in [4.78, 5) is 28.3. The lowest BCUT2D eigenvalue weighted by Gasteiger charge is -2.07. The molecule has 0 saturated carbocycles. The van der Waals surface area contributed by atoms with E-state index in [1.165, 1.54) is 11.3 Å². The van der Waals surface area contributed by atoms with Crippen LogP contribution in [0.25, 0.3) is 11.5 Å². The molecular formula is C20H21N3O3S. The molecule has 3 aromatic rings. The molecule has 0 radical (unpaired) electrons. The van der Waals surface area contributed by atoms with Crippen LogP contribution in [0.4, 0.5) is 5.69 Å². The molecule has 27 heavy (non-hydrogen) atoms. The fraction of sp³-hybridized carbons (Fsp3) is 0.250. The normalized spacial score (nSPS) is 10.6. The summed E-state index contributed by atoms with van der Waals surface area (Å²) in [5.74, 6) is 1.11. The Bertz CT molecular complexity index is 912. The van der Waals surface area contributed by atoms with Gasteiger partial charge in [0.05, 0.1) is 5.69 Å². The van der Waals surface area contributed by atoms with Crippen molar-refractivity contribution in [3.05, 3.63) is 58.1 Å². The van der Waals surface area contributed by atoms with E-state index in [1.807, 2.05) is 43.5 Å². The second kappa shape index (κ2) is 8.64. The van der Waals surface area contributed by atoms with Crippen LogP contribution in [0.15, 0.2) is 45.5 Å². The van der Waals surface area contributed by atoms with E-state index in [2.05, 4.69) is 15.6 Å². The Hall–Kier alpha value is -2.93. The Morgan fingerprint density at radius 1 is 1.22 bits per heavy atom. The summed E-state index contributed by atoms with van der Waals surface area (Å²) in [6.07, 6.45) is 0.894. The van der Waals surface area contributed by atoms with Gasteiger partial charge < -0.3 is 15.1 Å². The van der Waals surface area contributed by atoms with Crippen LogP contribution in [0.1, 0.15) is 34.7 Å². The molecule has 0 bridgehead atoms. The predicted octanol–water partition coefficient (Wildman–Crippen LogP) is 4.17. The van der Waals surface area contributed by atoms with Crippen molar-refractivity contribution < 1.29 is 14.0 Å². The van der Waals surface area contributed by atoms with Crippen molar-refractivity contribution in [1.82, 2.24) is 10.3 Å². The number of aryl methyl sites for hydroxylation is 2. The molecule has 3 rings (SSSR count). The molecule has 0 spiro atoms. The summed E-state index contributed by atoms with van der Waals surface area (Å²) >= 11 is 1.48. The molecule has 0 aliphatic rings. The third kappa shape index (κ3) is 5.04. The summed E-state index contributed by atoms with van der Waals surface area (Å²) in [5, 5.41) is 9.34. The Balaban J connectivity index is 1.48. The minimum atomic E-state index is -0.110. The van der Waals surface area contributed by atoms with E-state index in [9.17, 15) is 9.59 Å². The minimum Gasteiger partial charge on any atom is -0.441 e. The number of oxazole rings is 1. The zero-order valence-electron chi connectivity index (χ0n) is 15.2. The maximum absolute atomic E-state index is 12.1. The molecule has 0 fully saturated rings. The zero-order valence-corrected chi connectivity index (χ0v) is 16.1. The second-order valence-corrected chi connectivity index (χ2v) is 6.94. The average molecular weight is 383 g/mol. The fourth-order valence-corrected chi connectivity index (χ4v) is 3.13. The van der Waals surface area contributed by atoms with E-state index in [0.29, 0.717) is 36.5 Å². The number of anilines is 1. The Morgan fingerprint density at radius 2 is 2.07 bits per heavy atom. The van der Waals surface area contributed by atoms with E-state index in [0.717, 1.165) is 17.0 Å². The molecule has 7 heteroatoms. The molecular weight excluding hydrogens is 362 g/mol. The van der Waals surface area contributed by atoms with E-state index in [-0.39, 0.29) is 11.8 Å². The van der Waals surface area contributed by atoms with Gasteiger partial charge in [0.2, 0.25) is 11.8 Å². The van der Waals surface area contributed by atoms with Crippen molar-refractivity contribution in [3.8, 4) is 11.5 Å². The van der Waals surface area contributed by atoms with Gasteiger partial charge in [-0.25, -0.2) is 4.98 Å². The molecule has 1 aromatic carbocycles. The lowest BCUT2D eigenvalue weighted by Crippen LogP contribution is -2.25. The van der Waals surface area contributed by atoms with Gasteiger partial charge in [-0.3, -0.25) is 9.59 Å². The van der Waals surface area contributed by atoms with E-state index in [1.54, 1.807) is 11.4 Å². The molecule has 0 aliphatic carbocycles. The minimum absolute atomic E-state index is 0.100. The van der Waals surface area contributed by atoms with Gasteiger partial charge in [0.25, 0.3) is 5.91 Å². The number of thiophene rings is 1. The Labute approximate surface area is 161 Å². The molecule has 2 amide bonds. The number of carbonyl (C=O) groups excluding carboxylic acids is 2. The third-order valence-electron chi connectivity index (χ3n) is 4.07. The van der Waals surface area contributed by atoms with Gasteiger partial charge in [0.1, 0.15) is 5.76 Å². The number of benzene rings is 1. The first kappa shape index (κ1) is 18.8. The Kier molecular flexibility index (Phi) is 6.03. The molecule has 2 N–H and O–H groups in total. The van der Waals surface area contributed by atoms with Gasteiger partial charge in [-0.15, -0.1) is 0 Å². The van der Waals surface area contributed by atoms with Crippen molar-refractivity contribution in [2.75, 3.05) is 11.9 Å². The van der Waals surface area contributed by atoms with Gasteiger partial charge in [-0.1, -0.05) is 6.07 Å². The number of nitrogens with one attached hydrogen (secondary N) is 2. The molecule has 2 heterocycles. The largest absolute Gasteiger partial charge is 0.441 e. The number of nitrogens with zero attached hydrogens (tertiary/aromatic N) is 1. The quantitative estimate of drug-likeness (QED) is 0.600. The third-order valence-corrected chi connectivity index (χ3v) is 4.75. The highest BCUT2D eigenvalue weighted by Crippen LogP contribution is 2.24. The van der Waals surface area contributed by atoms with Crippen LogP contribution < -0.4 is 10.6 Å². The number of hydrogen-bond acceptors (Lipinski definition) is 5. The van der Waals surface area contributed by atoms with Gasteiger partial charge in [-0.2, -0.15) is 11.3 Å². The molecule has 6 nitrogen and oxygen atoms in total. The monoisotopic (exact) mass is 383 g/mol. The lowest BCUT2D eigenvalue weighted by molar-refractivity contribution is -0.116. The van der Waals surface area contributed by atoms with E-state index in [4.69, 9.17) is 4.42 Å². The number of amides is 2. The van der Waals surface area contributed by atoms with Gasteiger partial charge in [0, 0.05) is 35.2 Å². The highest BCUT2D eigenvalue weighted by Gasteiger charge is 2.10. The number of carbonyl (C=O) groups is 2. The standard InChI is InChI=1S/C20H21N3O3S/c1-13-14(2)26-20(22-13)15-5-3-6-17(11-15)23-18(24)7-4-9-21-19(25)16-8-10-27-12-16/h3,5-6,8,10-12H,4,7,9H2,1-2H3,(H,21,25)(H,23,24). The maximum atomic E-state index is 12.1. The van der Waals surface area contributed by atoms with Gasteiger partial charge in [-0.05, 0) is 49.9 Å². The number of hydrogen-bond donors (Lipinski definition) is 2. The maximum Gasteiger partial charge on any atom is 0.252 e. The van der Waals surface area contributed by atoms with Crippen LogP contribution in [0.5, 0.6) is 0 Å². The predicted molar refractivity (Wildman–Crippen MR) is 106 cm³/mol. The van der Waals surface area contributed by atoms with Gasteiger partial charge in [0.15, 0.2) is 0 Å². The van der Waals surface area contributed by atoms with E-state index >= 15 is 0 Å². The van der Waals surface area contributed by atoms with Crippen LogP contribution >= 0.6 is 11.3 Å². The van der Waals surface area contributed by atoms with Crippen molar-refractivity contribution in [1.29, 1.82) is 0 Å². The number of aromatic nitrogens is 1. The first-order valence-corrected chi connectivity index (χ1v) is 9.62. The van der Waals surface area contributed by atoms with Gasteiger partial charge >= 0.3 is 0 Å². The second-order valence-electron chi connectivity index (χ2n) is 6.16. The molecule has 0 unspecified atom stereocenters. The van der Waals surface area contributed by atoms with E-state index < -0.39 is 0 Å². The summed E-state index contributed by atoms with van der Waals surface area (Å²) in [6.45, 7) is 4.22. The van der Waals surface area contributed by atoms with Crippen molar-refractivity contribution in [2.24, 2.45) is 0 Å². The summed E-state index contributed by atoms with van der Waals surface area (Å²) in [7, 11) is 0. The summed E-state index contributed by atoms with van der Waals surface area (Å²) < 4.78 is 5.63. The first-order chi connectivity index (χ1) is 13.0. The number of rotatable bonds is 7. The SMILES string of the molecule is Cc1nc(-c2cccc(NC(=O)CCCNC(=O)c3ccsc3)c2)oc1C. The smallest absolute Gasteiger partial charge is 0.252 e. The van der Waals surface area contributed by atoms with Crippen molar-refractivity contribution in [3.63, 3.8) is 0 Å². The summed E-state index contributed by atoms with van der Waals surface area (Å²) in [5.41, 5.74) is 3.00.